The Balaban J connectivity index is 1.96. The quantitative estimate of drug-likeness (QED) is 0.840. The molecule has 1 N–H and O–H groups in total. The van der Waals surface area contributed by atoms with Gasteiger partial charge in [0.05, 0.1) is 20.3 Å². The first-order valence-corrected chi connectivity index (χ1v) is 6.71. The van der Waals surface area contributed by atoms with Gasteiger partial charge in [-0.05, 0) is 23.6 Å². The van der Waals surface area contributed by atoms with Crippen molar-refractivity contribution in [3.63, 3.8) is 0 Å². The fraction of sp³-hybridized carbons (Fsp3) is 0.333. The zero-order chi connectivity index (χ0) is 14.8. The van der Waals surface area contributed by atoms with Crippen LogP contribution < -0.4 is 4.90 Å². The van der Waals surface area contributed by atoms with Crippen molar-refractivity contribution in [2.75, 3.05) is 31.7 Å². The summed E-state index contributed by atoms with van der Waals surface area (Å²) < 4.78 is 10.2. The zero-order valence-electron chi connectivity index (χ0n) is 11.7. The van der Waals surface area contributed by atoms with E-state index in [2.05, 4.69) is 4.98 Å². The summed E-state index contributed by atoms with van der Waals surface area (Å²) in [4.78, 5) is 18.0. The van der Waals surface area contributed by atoms with Crippen LogP contribution in [-0.2, 0) is 14.3 Å². The predicted octanol–water partition coefficient (Wildman–Crippen LogP) is 1.32. The summed E-state index contributed by atoms with van der Waals surface area (Å²) in [5.41, 5.74) is 0. The molecule has 1 unspecified atom stereocenters. The van der Waals surface area contributed by atoms with Crippen LogP contribution in [0, 0.1) is 0 Å². The third-order valence-electron chi connectivity index (χ3n) is 3.56. The molecule has 1 fully saturated rings. The number of ether oxygens (including phenoxy) is 2. The van der Waals surface area contributed by atoms with Crippen molar-refractivity contribution < 1.29 is 19.4 Å². The van der Waals surface area contributed by atoms with Crippen LogP contribution in [0.2, 0.25) is 0 Å². The van der Waals surface area contributed by atoms with Crippen LogP contribution in [0.4, 0.5) is 5.82 Å². The summed E-state index contributed by atoms with van der Waals surface area (Å²) >= 11 is 0. The first-order chi connectivity index (χ1) is 10.2. The Morgan fingerprint density at radius 2 is 2.33 bits per heavy atom. The normalized spacial score (nSPS) is 18.7. The largest absolute Gasteiger partial charge is 0.508 e. The van der Waals surface area contributed by atoms with Crippen LogP contribution in [0.1, 0.15) is 0 Å². The monoisotopic (exact) mass is 288 g/mol. The molecule has 0 saturated carbocycles. The molecule has 0 aliphatic carbocycles. The molecule has 2 heterocycles. The van der Waals surface area contributed by atoms with Gasteiger partial charge in [0.25, 0.3) is 0 Å². The van der Waals surface area contributed by atoms with Gasteiger partial charge in [0, 0.05) is 18.1 Å². The fourth-order valence-electron chi connectivity index (χ4n) is 2.51. The maximum absolute atomic E-state index is 11.6. The number of aromatic nitrogens is 1. The highest BCUT2D eigenvalue weighted by molar-refractivity contribution is 5.93. The van der Waals surface area contributed by atoms with E-state index in [0.29, 0.717) is 19.7 Å². The number of aromatic hydroxyl groups is 1. The summed E-state index contributed by atoms with van der Waals surface area (Å²) in [5.74, 6) is 0.540. The molecule has 3 rings (SSSR count). The minimum atomic E-state index is -0.613. The second kappa shape index (κ2) is 5.57. The third kappa shape index (κ3) is 2.62. The van der Waals surface area contributed by atoms with E-state index < -0.39 is 6.10 Å². The van der Waals surface area contributed by atoms with Crippen molar-refractivity contribution in [3.05, 3.63) is 30.5 Å². The molecular weight excluding hydrogens is 272 g/mol. The Morgan fingerprint density at radius 1 is 1.48 bits per heavy atom. The van der Waals surface area contributed by atoms with Gasteiger partial charge in [-0.25, -0.2) is 9.78 Å². The molecule has 6 nitrogen and oxygen atoms in total. The SMILES string of the molecule is COC(=O)C1CN(c2nccc3ccc(O)cc23)CCO1. The van der Waals surface area contributed by atoms with Gasteiger partial charge in [0.2, 0.25) is 0 Å². The molecule has 1 aromatic heterocycles. The highest BCUT2D eigenvalue weighted by Crippen LogP contribution is 2.28. The van der Waals surface area contributed by atoms with Gasteiger partial charge in [-0.2, -0.15) is 0 Å². The molecule has 2 aromatic rings. The zero-order valence-corrected chi connectivity index (χ0v) is 11.7. The Labute approximate surface area is 121 Å². The van der Waals surface area contributed by atoms with E-state index >= 15 is 0 Å². The molecule has 0 radical (unpaired) electrons. The average Bonchev–Trinajstić information content (AvgIpc) is 2.53. The van der Waals surface area contributed by atoms with Crippen molar-refractivity contribution in [2.45, 2.75) is 6.10 Å². The van der Waals surface area contributed by atoms with Gasteiger partial charge in [-0.15, -0.1) is 0 Å². The third-order valence-corrected chi connectivity index (χ3v) is 3.56. The van der Waals surface area contributed by atoms with Crippen molar-refractivity contribution in [1.82, 2.24) is 4.98 Å². The lowest BCUT2D eigenvalue weighted by atomic mass is 10.1. The number of fused-ring (bicyclic) bond motifs is 1. The average molecular weight is 288 g/mol. The maximum atomic E-state index is 11.6. The lowest BCUT2D eigenvalue weighted by molar-refractivity contribution is -0.154. The van der Waals surface area contributed by atoms with Gasteiger partial charge < -0.3 is 19.5 Å². The number of anilines is 1. The molecule has 1 aliphatic heterocycles. The Morgan fingerprint density at radius 3 is 3.14 bits per heavy atom. The lowest BCUT2D eigenvalue weighted by Crippen LogP contribution is -2.47. The minimum absolute atomic E-state index is 0.189. The summed E-state index contributed by atoms with van der Waals surface area (Å²) in [6, 6.07) is 7.05. The number of pyridine rings is 1. The van der Waals surface area contributed by atoms with E-state index in [-0.39, 0.29) is 11.7 Å². The summed E-state index contributed by atoms with van der Waals surface area (Å²) in [7, 11) is 1.35. The van der Waals surface area contributed by atoms with Crippen molar-refractivity contribution in [1.29, 1.82) is 0 Å². The number of carbonyl (C=O) groups is 1. The standard InChI is InChI=1S/C15H16N2O4/c1-20-15(19)13-9-17(6-7-21-13)14-12-8-11(18)3-2-10(12)4-5-16-14/h2-5,8,13,18H,6-7,9H2,1H3. The van der Waals surface area contributed by atoms with E-state index in [1.54, 1.807) is 18.3 Å². The summed E-state index contributed by atoms with van der Waals surface area (Å²) in [6.07, 6.45) is 1.11. The Kier molecular flexibility index (Phi) is 3.62. The van der Waals surface area contributed by atoms with E-state index in [4.69, 9.17) is 9.47 Å². The molecular formula is C15H16N2O4. The van der Waals surface area contributed by atoms with Crippen LogP contribution in [0.25, 0.3) is 10.8 Å². The van der Waals surface area contributed by atoms with E-state index in [1.165, 1.54) is 7.11 Å². The van der Waals surface area contributed by atoms with E-state index in [1.807, 2.05) is 17.0 Å². The highest BCUT2D eigenvalue weighted by Gasteiger charge is 2.28. The fourth-order valence-corrected chi connectivity index (χ4v) is 2.51. The van der Waals surface area contributed by atoms with Crippen molar-refractivity contribution >= 4 is 22.6 Å². The molecule has 0 spiro atoms. The van der Waals surface area contributed by atoms with E-state index in [0.717, 1.165) is 16.6 Å². The Hall–Kier alpha value is -2.34. The number of esters is 1. The number of phenols is 1. The second-order valence-electron chi connectivity index (χ2n) is 4.87. The molecule has 110 valence electrons. The number of rotatable bonds is 2. The van der Waals surface area contributed by atoms with Gasteiger partial charge in [-0.1, -0.05) is 6.07 Å². The van der Waals surface area contributed by atoms with Crippen LogP contribution >= 0.6 is 0 Å². The number of methoxy groups -OCH3 is 1. The summed E-state index contributed by atoms with van der Waals surface area (Å²) in [6.45, 7) is 1.44. The van der Waals surface area contributed by atoms with Gasteiger partial charge in [-0.3, -0.25) is 0 Å². The molecule has 0 bridgehead atoms. The molecule has 21 heavy (non-hydrogen) atoms. The highest BCUT2D eigenvalue weighted by atomic mass is 16.6. The van der Waals surface area contributed by atoms with Gasteiger partial charge in [0.15, 0.2) is 6.10 Å². The smallest absolute Gasteiger partial charge is 0.336 e. The van der Waals surface area contributed by atoms with Crippen LogP contribution in [0.5, 0.6) is 5.75 Å². The van der Waals surface area contributed by atoms with Crippen LogP contribution in [0.3, 0.4) is 0 Å². The molecule has 1 aliphatic rings. The van der Waals surface area contributed by atoms with Crippen molar-refractivity contribution in [2.24, 2.45) is 0 Å². The number of benzene rings is 1. The second-order valence-corrected chi connectivity index (χ2v) is 4.87. The molecule has 1 aromatic carbocycles. The van der Waals surface area contributed by atoms with Crippen molar-refractivity contribution in [3.8, 4) is 5.75 Å². The predicted molar refractivity (Wildman–Crippen MR) is 77.4 cm³/mol. The number of morpholine rings is 1. The first-order valence-electron chi connectivity index (χ1n) is 6.71. The first kappa shape index (κ1) is 13.6. The van der Waals surface area contributed by atoms with E-state index in [9.17, 15) is 9.90 Å². The number of hydrogen-bond donors (Lipinski definition) is 1. The topological polar surface area (TPSA) is 71.9 Å². The number of carbonyl (C=O) groups excluding carboxylic acids is 1. The number of nitrogens with zero attached hydrogens (tertiary/aromatic N) is 2. The number of hydrogen-bond acceptors (Lipinski definition) is 6. The van der Waals surface area contributed by atoms with Crippen LogP contribution in [0.15, 0.2) is 30.5 Å². The lowest BCUT2D eigenvalue weighted by Gasteiger charge is -2.32. The molecule has 0 amide bonds. The summed E-state index contributed by atoms with van der Waals surface area (Å²) in [5, 5.41) is 11.5. The molecule has 1 atom stereocenters. The Bertz CT molecular complexity index is 674. The molecule has 1 saturated heterocycles. The number of phenolic OH excluding ortho intramolecular Hbond substituents is 1. The van der Waals surface area contributed by atoms with Gasteiger partial charge >= 0.3 is 5.97 Å². The minimum Gasteiger partial charge on any atom is -0.508 e. The van der Waals surface area contributed by atoms with Gasteiger partial charge in [0.1, 0.15) is 11.6 Å². The maximum Gasteiger partial charge on any atom is 0.336 e. The molecule has 6 heteroatoms. The van der Waals surface area contributed by atoms with Crippen LogP contribution in [-0.4, -0.2) is 49.0 Å².